The van der Waals surface area contributed by atoms with Crippen molar-refractivity contribution in [2.45, 2.75) is 25.8 Å². The highest BCUT2D eigenvalue weighted by molar-refractivity contribution is 6.47. The molecule has 1 unspecified atom stereocenters. The van der Waals surface area contributed by atoms with Crippen LogP contribution in [0.4, 0.5) is 15.9 Å². The summed E-state index contributed by atoms with van der Waals surface area (Å²) in [6.45, 7) is 2.54. The number of allylic oxidation sites excluding steroid dienone is 1. The fraction of sp³-hybridized carbons (Fsp3) is 0.261. The van der Waals surface area contributed by atoms with Crippen molar-refractivity contribution in [2.75, 3.05) is 23.8 Å². The van der Waals surface area contributed by atoms with Gasteiger partial charge in [0, 0.05) is 19.8 Å². The maximum absolute atomic E-state index is 13.8. The van der Waals surface area contributed by atoms with E-state index < -0.39 is 5.91 Å². The molecule has 2 amide bonds. The van der Waals surface area contributed by atoms with Crippen LogP contribution in [0.15, 0.2) is 60.0 Å². The van der Waals surface area contributed by atoms with Gasteiger partial charge in [0.05, 0.1) is 12.2 Å². The third-order valence-corrected chi connectivity index (χ3v) is 5.36. The Balaban J connectivity index is 1.63. The highest BCUT2D eigenvalue weighted by Crippen LogP contribution is 2.35. The predicted molar refractivity (Wildman–Crippen MR) is 123 cm³/mol. The summed E-state index contributed by atoms with van der Waals surface area (Å²) >= 11 is 0. The molecule has 170 valence electrons. The van der Waals surface area contributed by atoms with Gasteiger partial charge >= 0.3 is 0 Å². The Kier molecular flexibility index (Phi) is 6.43. The van der Waals surface area contributed by atoms with Crippen molar-refractivity contribution in [1.29, 1.82) is 0 Å². The van der Waals surface area contributed by atoms with Gasteiger partial charge in [-0.25, -0.2) is 18.9 Å². The van der Waals surface area contributed by atoms with E-state index in [1.807, 2.05) is 12.1 Å². The van der Waals surface area contributed by atoms with E-state index in [1.54, 1.807) is 35.8 Å². The average Bonchev–Trinajstić information content (AvgIpc) is 3.46. The number of anilines is 2. The molecule has 1 fully saturated rings. The summed E-state index contributed by atoms with van der Waals surface area (Å²) in [6.07, 6.45) is 8.81. The fourth-order valence-electron chi connectivity index (χ4n) is 3.90. The summed E-state index contributed by atoms with van der Waals surface area (Å²) < 4.78 is 15.4. The van der Waals surface area contributed by atoms with Gasteiger partial charge in [-0.3, -0.25) is 9.59 Å². The summed E-state index contributed by atoms with van der Waals surface area (Å²) in [7, 11) is 1.44. The molecule has 9 nitrogen and oxygen atoms in total. The quantitative estimate of drug-likeness (QED) is 0.340. The number of fused-ring (bicyclic) bond motifs is 1. The molecule has 2 aromatic heterocycles. The first-order chi connectivity index (χ1) is 16.0. The zero-order valence-electron chi connectivity index (χ0n) is 18.3. The molecule has 4 rings (SSSR count). The number of hydrogen-bond donors (Lipinski definition) is 1. The molecule has 33 heavy (non-hydrogen) atoms. The molecule has 0 spiro atoms. The molecule has 0 radical (unpaired) electrons. The van der Waals surface area contributed by atoms with E-state index in [1.165, 1.54) is 25.4 Å². The number of carbonyl (C=O) groups is 2. The number of rotatable bonds is 7. The number of nitrogens with zero attached hydrogens (tertiary/aromatic N) is 6. The van der Waals surface area contributed by atoms with Gasteiger partial charge in [0.15, 0.2) is 5.65 Å². The minimum atomic E-state index is -0.497. The Morgan fingerprint density at radius 2 is 2.21 bits per heavy atom. The van der Waals surface area contributed by atoms with Crippen molar-refractivity contribution in [1.82, 2.24) is 19.6 Å². The van der Waals surface area contributed by atoms with Gasteiger partial charge in [-0.1, -0.05) is 18.2 Å². The number of amides is 2. The largest absolute Gasteiger partial charge is 0.349 e. The molecule has 3 aromatic rings. The molecule has 3 heterocycles. The van der Waals surface area contributed by atoms with Gasteiger partial charge in [-0.05, 0) is 49.6 Å². The van der Waals surface area contributed by atoms with Crippen LogP contribution in [0.3, 0.4) is 0 Å². The maximum Gasteiger partial charge on any atom is 0.276 e. The molecule has 0 bridgehead atoms. The Labute approximate surface area is 190 Å². The van der Waals surface area contributed by atoms with Crippen molar-refractivity contribution in [3.05, 3.63) is 66.3 Å². The highest BCUT2D eigenvalue weighted by atomic mass is 19.1. The van der Waals surface area contributed by atoms with Crippen LogP contribution in [0, 0.1) is 5.82 Å². The third-order valence-electron chi connectivity index (χ3n) is 5.36. The first kappa shape index (κ1) is 22.1. The van der Waals surface area contributed by atoms with Gasteiger partial charge in [0.1, 0.15) is 23.0 Å². The lowest BCUT2D eigenvalue weighted by molar-refractivity contribution is -0.117. The van der Waals surface area contributed by atoms with Gasteiger partial charge < -0.3 is 10.2 Å². The minimum Gasteiger partial charge on any atom is -0.349 e. The lowest BCUT2D eigenvalue weighted by Gasteiger charge is -2.26. The van der Waals surface area contributed by atoms with E-state index in [2.05, 4.69) is 20.4 Å². The van der Waals surface area contributed by atoms with Gasteiger partial charge in [0.25, 0.3) is 5.91 Å². The molecule has 0 saturated carbocycles. The lowest BCUT2D eigenvalue weighted by atomic mass is 10.0. The first-order valence-electron chi connectivity index (χ1n) is 10.6. The van der Waals surface area contributed by atoms with E-state index in [0.717, 1.165) is 30.0 Å². The average molecular weight is 449 g/mol. The molecule has 1 aromatic carbocycles. The predicted octanol–water partition coefficient (Wildman–Crippen LogP) is 3.17. The Morgan fingerprint density at radius 3 is 2.97 bits per heavy atom. The highest BCUT2D eigenvalue weighted by Gasteiger charge is 2.28. The maximum atomic E-state index is 13.8. The molecular weight excluding hydrogens is 425 g/mol. The summed E-state index contributed by atoms with van der Waals surface area (Å²) in [6, 6.07) is 8.51. The Hall–Kier alpha value is -4.08. The Morgan fingerprint density at radius 1 is 1.36 bits per heavy atom. The van der Waals surface area contributed by atoms with E-state index in [4.69, 9.17) is 4.98 Å². The summed E-state index contributed by atoms with van der Waals surface area (Å²) in [5, 5.41) is 12.0. The van der Waals surface area contributed by atoms with E-state index in [0.29, 0.717) is 23.6 Å². The monoisotopic (exact) mass is 449 g/mol. The van der Waals surface area contributed by atoms with E-state index in [9.17, 15) is 14.0 Å². The third kappa shape index (κ3) is 4.74. The van der Waals surface area contributed by atoms with Crippen LogP contribution in [0.25, 0.3) is 5.65 Å². The zero-order chi connectivity index (χ0) is 23.4. The fourth-order valence-corrected chi connectivity index (χ4v) is 3.90. The molecule has 1 atom stereocenters. The molecule has 1 aliphatic rings. The molecule has 1 N–H and O–H groups in total. The second kappa shape index (κ2) is 9.60. The second-order valence-corrected chi connectivity index (χ2v) is 7.64. The van der Waals surface area contributed by atoms with Gasteiger partial charge in [0.2, 0.25) is 6.41 Å². The van der Waals surface area contributed by atoms with Crippen molar-refractivity contribution in [3.63, 3.8) is 0 Å². The minimum absolute atomic E-state index is 0.0175. The normalized spacial score (nSPS) is 16.5. The standard InChI is InChI=1S/C23H24FN7O2/c1-3-6-18(28-29(2)15-32)23(33)26-19-14-25-31-12-10-21(27-22(19)31)30-11-5-9-20(30)16-7-4-8-17(24)13-16/h3-4,6-8,10,12-15,20H,5,9,11H2,1-2H3,(H,26,33)/b6-3-,28-18+. The Bertz CT molecular complexity index is 1240. The van der Waals surface area contributed by atoms with E-state index >= 15 is 0 Å². The van der Waals surface area contributed by atoms with Crippen LogP contribution in [0.1, 0.15) is 31.4 Å². The van der Waals surface area contributed by atoms with Gasteiger partial charge in [-0.2, -0.15) is 10.2 Å². The molecule has 10 heteroatoms. The van der Waals surface area contributed by atoms with Gasteiger partial charge in [-0.15, -0.1) is 0 Å². The summed E-state index contributed by atoms with van der Waals surface area (Å²) in [5.41, 5.74) is 1.85. The summed E-state index contributed by atoms with van der Waals surface area (Å²) in [4.78, 5) is 30.5. The first-order valence-corrected chi connectivity index (χ1v) is 10.6. The number of aromatic nitrogens is 3. The lowest BCUT2D eigenvalue weighted by Crippen LogP contribution is -2.25. The van der Waals surface area contributed by atoms with E-state index in [-0.39, 0.29) is 17.6 Å². The van der Waals surface area contributed by atoms with Crippen molar-refractivity contribution in [2.24, 2.45) is 5.10 Å². The molecule has 1 aliphatic heterocycles. The molecule has 0 aliphatic carbocycles. The SMILES string of the molecule is C/C=C\C(=N/N(C)C=O)C(=O)Nc1cnn2ccc(N3CCCC3c3cccc(F)c3)nc12. The smallest absolute Gasteiger partial charge is 0.276 e. The second-order valence-electron chi connectivity index (χ2n) is 7.64. The molecular formula is C23H24FN7O2. The van der Waals surface area contributed by atoms with Crippen LogP contribution in [-0.2, 0) is 9.59 Å². The number of hydrazone groups is 1. The topological polar surface area (TPSA) is 95.2 Å². The number of hydrogen-bond acceptors (Lipinski definition) is 6. The van der Waals surface area contributed by atoms with Crippen LogP contribution in [-0.4, -0.2) is 51.2 Å². The number of carbonyl (C=O) groups excluding carboxylic acids is 2. The van der Waals surface area contributed by atoms with Crippen LogP contribution < -0.4 is 10.2 Å². The zero-order valence-corrected chi connectivity index (χ0v) is 18.3. The number of halogens is 1. The van der Waals surface area contributed by atoms with Crippen LogP contribution >= 0.6 is 0 Å². The number of nitrogens with one attached hydrogen (secondary N) is 1. The van der Waals surface area contributed by atoms with Crippen LogP contribution in [0.2, 0.25) is 0 Å². The van der Waals surface area contributed by atoms with Crippen LogP contribution in [0.5, 0.6) is 0 Å². The summed E-state index contributed by atoms with van der Waals surface area (Å²) in [5.74, 6) is -0.0432. The number of benzene rings is 1. The molecule has 1 saturated heterocycles. The van der Waals surface area contributed by atoms with Crippen molar-refractivity contribution < 1.29 is 14.0 Å². The van der Waals surface area contributed by atoms with Crippen molar-refractivity contribution >= 4 is 35.2 Å². The van der Waals surface area contributed by atoms with Crippen molar-refractivity contribution in [3.8, 4) is 0 Å².